The monoisotopic (exact) mass is 670 g/mol. The first-order chi connectivity index (χ1) is 19.2. The van der Waals surface area contributed by atoms with E-state index in [9.17, 15) is 19.2 Å². The van der Waals surface area contributed by atoms with E-state index < -0.39 is 11.9 Å². The van der Waals surface area contributed by atoms with Crippen molar-refractivity contribution in [1.82, 2.24) is 0 Å². The van der Waals surface area contributed by atoms with Crippen molar-refractivity contribution in [2.24, 2.45) is 29.6 Å². The van der Waals surface area contributed by atoms with Crippen molar-refractivity contribution < 1.29 is 23.9 Å². The second-order valence-electron chi connectivity index (χ2n) is 11.4. The van der Waals surface area contributed by atoms with Gasteiger partial charge in [0.2, 0.25) is 17.7 Å². The van der Waals surface area contributed by atoms with Crippen molar-refractivity contribution in [3.63, 3.8) is 0 Å². The fourth-order valence-corrected chi connectivity index (χ4v) is 9.24. The van der Waals surface area contributed by atoms with Gasteiger partial charge in [-0.3, -0.25) is 19.2 Å². The van der Waals surface area contributed by atoms with Crippen molar-refractivity contribution >= 4 is 66.9 Å². The average Bonchev–Trinajstić information content (AvgIpc) is 3.66. The van der Waals surface area contributed by atoms with Gasteiger partial charge in [-0.15, -0.1) is 0 Å². The quantitative estimate of drug-likeness (QED) is 0.179. The molecular formula is C31H32Br2N2O5. The Morgan fingerprint density at radius 1 is 0.950 bits per heavy atom. The highest BCUT2D eigenvalue weighted by Crippen LogP contribution is 2.60. The summed E-state index contributed by atoms with van der Waals surface area (Å²) in [5, 5.41) is 0. The second kappa shape index (κ2) is 10.4. The number of hydrogen-bond acceptors (Lipinski definition) is 5. The molecule has 4 fully saturated rings. The first-order valence-electron chi connectivity index (χ1n) is 14.1. The lowest BCUT2D eigenvalue weighted by atomic mass is 9.81. The van der Waals surface area contributed by atoms with E-state index in [1.807, 2.05) is 25.1 Å². The van der Waals surface area contributed by atoms with E-state index in [1.165, 1.54) is 4.90 Å². The van der Waals surface area contributed by atoms with E-state index in [4.69, 9.17) is 4.74 Å². The van der Waals surface area contributed by atoms with Gasteiger partial charge in [-0.05, 0) is 72.9 Å². The Bertz CT molecular complexity index is 1370. The van der Waals surface area contributed by atoms with E-state index >= 15 is 0 Å². The maximum Gasteiger partial charge on any atom is 0.316 e. The number of rotatable bonds is 6. The number of ether oxygens (including phenoxy) is 1. The molecule has 2 aromatic carbocycles. The molecule has 2 aliphatic heterocycles. The first-order valence-corrected chi connectivity index (χ1v) is 15.9. The third-order valence-electron chi connectivity index (χ3n) is 9.31. The number of nitrogens with zero attached hydrogens (tertiary/aromatic N) is 2. The van der Waals surface area contributed by atoms with Crippen LogP contribution in [0.4, 0.5) is 11.4 Å². The standard InChI is InChI=1S/C31H32Br2N2O5/c1-4-16-7-6-8-17(5-2)28(16)34-14-18(12-23(34)36)31(39)40-19-9-10-22(15(3)11-19)35-29(37)24-20-13-21(25(24)30(35)38)27(33)26(20)32/h6-11,18,20-21,24-27H,4-5,12-14H2,1-3H3/t18-,20-,21-,24-,25+,26+,27+/m1/s1. The zero-order chi connectivity index (χ0) is 28.5. The number of anilines is 2. The Kier molecular flexibility index (Phi) is 7.18. The van der Waals surface area contributed by atoms with Gasteiger partial charge < -0.3 is 9.64 Å². The molecule has 2 saturated heterocycles. The minimum atomic E-state index is -0.576. The van der Waals surface area contributed by atoms with Gasteiger partial charge in [-0.2, -0.15) is 0 Å². The van der Waals surface area contributed by atoms with Crippen LogP contribution < -0.4 is 14.5 Å². The normalized spacial score (nSPS) is 30.9. The van der Waals surface area contributed by atoms with Gasteiger partial charge in [0, 0.05) is 28.3 Å². The van der Waals surface area contributed by atoms with E-state index in [0.29, 0.717) is 17.0 Å². The molecule has 4 aliphatic rings. The summed E-state index contributed by atoms with van der Waals surface area (Å²) in [6.45, 7) is 6.22. The molecule has 210 valence electrons. The number of halogens is 2. The third-order valence-corrected chi connectivity index (χ3v) is 12.5. The average molecular weight is 672 g/mol. The van der Waals surface area contributed by atoms with Crippen LogP contribution in [-0.4, -0.2) is 39.9 Å². The number of benzene rings is 2. The molecular weight excluding hydrogens is 640 g/mol. The van der Waals surface area contributed by atoms with Gasteiger partial charge in [-0.25, -0.2) is 4.90 Å². The summed E-state index contributed by atoms with van der Waals surface area (Å²) in [6.07, 6.45) is 2.57. The predicted molar refractivity (Wildman–Crippen MR) is 159 cm³/mol. The summed E-state index contributed by atoms with van der Waals surface area (Å²) in [4.78, 5) is 56.5. The van der Waals surface area contributed by atoms with Crippen LogP contribution in [0.5, 0.6) is 5.75 Å². The van der Waals surface area contributed by atoms with Crippen molar-refractivity contribution in [3.8, 4) is 5.75 Å². The lowest BCUT2D eigenvalue weighted by Gasteiger charge is -2.28. The first kappa shape index (κ1) is 27.6. The summed E-state index contributed by atoms with van der Waals surface area (Å²) >= 11 is 7.46. The number of amides is 3. The summed E-state index contributed by atoms with van der Waals surface area (Å²) in [5.41, 5.74) is 4.32. The number of aryl methyl sites for hydroxylation is 3. The zero-order valence-electron chi connectivity index (χ0n) is 22.7. The molecule has 0 aromatic heterocycles. The van der Waals surface area contributed by atoms with Crippen LogP contribution in [0.1, 0.15) is 43.4 Å². The molecule has 0 unspecified atom stereocenters. The topological polar surface area (TPSA) is 84.0 Å². The van der Waals surface area contributed by atoms with E-state index in [0.717, 1.165) is 36.1 Å². The summed E-state index contributed by atoms with van der Waals surface area (Å²) in [7, 11) is 0. The lowest BCUT2D eigenvalue weighted by Crippen LogP contribution is -2.37. The van der Waals surface area contributed by atoms with Crippen LogP contribution in [0.3, 0.4) is 0 Å². The summed E-state index contributed by atoms with van der Waals surface area (Å²) in [5.74, 6) is -1.34. The number of carbonyl (C=O) groups excluding carboxylic acids is 4. The molecule has 0 spiro atoms. The Morgan fingerprint density at radius 3 is 2.10 bits per heavy atom. The van der Waals surface area contributed by atoms with Crippen LogP contribution in [-0.2, 0) is 32.0 Å². The number of alkyl halides is 2. The molecule has 2 heterocycles. The highest BCUT2D eigenvalue weighted by atomic mass is 79.9. The minimum absolute atomic E-state index is 0.0777. The molecule has 2 aromatic rings. The minimum Gasteiger partial charge on any atom is -0.426 e. The van der Waals surface area contributed by atoms with Crippen molar-refractivity contribution in [3.05, 3.63) is 53.1 Å². The Labute approximate surface area is 250 Å². The number of para-hydroxylation sites is 1. The molecule has 2 bridgehead atoms. The smallest absolute Gasteiger partial charge is 0.316 e. The molecule has 7 atom stereocenters. The molecule has 0 N–H and O–H groups in total. The molecule has 40 heavy (non-hydrogen) atoms. The molecule has 3 amide bonds. The summed E-state index contributed by atoms with van der Waals surface area (Å²) < 4.78 is 5.72. The highest BCUT2D eigenvalue weighted by molar-refractivity contribution is 9.12. The number of hydrogen-bond donors (Lipinski definition) is 0. The molecule has 0 radical (unpaired) electrons. The van der Waals surface area contributed by atoms with Crippen molar-refractivity contribution in [2.75, 3.05) is 16.3 Å². The second-order valence-corrected chi connectivity index (χ2v) is 13.5. The number of imide groups is 1. The van der Waals surface area contributed by atoms with E-state index in [1.54, 1.807) is 23.1 Å². The van der Waals surface area contributed by atoms with Gasteiger partial charge in [0.1, 0.15) is 5.75 Å². The maximum atomic E-state index is 13.4. The van der Waals surface area contributed by atoms with Gasteiger partial charge in [0.25, 0.3) is 0 Å². The van der Waals surface area contributed by atoms with Crippen molar-refractivity contribution in [2.45, 2.75) is 56.1 Å². The van der Waals surface area contributed by atoms with Crippen LogP contribution >= 0.6 is 31.9 Å². The van der Waals surface area contributed by atoms with Gasteiger partial charge >= 0.3 is 5.97 Å². The lowest BCUT2D eigenvalue weighted by molar-refractivity contribution is -0.139. The number of fused-ring (bicyclic) bond motifs is 5. The Balaban J connectivity index is 1.17. The van der Waals surface area contributed by atoms with Crippen molar-refractivity contribution in [1.29, 1.82) is 0 Å². The number of carbonyl (C=O) groups is 4. The van der Waals surface area contributed by atoms with E-state index in [-0.39, 0.29) is 64.0 Å². The molecule has 6 rings (SSSR count). The Morgan fingerprint density at radius 2 is 1.55 bits per heavy atom. The highest BCUT2D eigenvalue weighted by Gasteiger charge is 2.66. The largest absolute Gasteiger partial charge is 0.426 e. The van der Waals surface area contributed by atoms with E-state index in [2.05, 4.69) is 45.7 Å². The van der Waals surface area contributed by atoms with Crippen LogP contribution in [0.25, 0.3) is 0 Å². The fourth-order valence-electron chi connectivity index (χ4n) is 7.37. The predicted octanol–water partition coefficient (Wildman–Crippen LogP) is 5.36. The summed E-state index contributed by atoms with van der Waals surface area (Å²) in [6, 6.07) is 11.1. The van der Waals surface area contributed by atoms with Gasteiger partial charge in [0.15, 0.2) is 0 Å². The zero-order valence-corrected chi connectivity index (χ0v) is 25.9. The molecule has 7 nitrogen and oxygen atoms in total. The fraction of sp³-hybridized carbons (Fsp3) is 0.484. The Hall–Kier alpha value is -2.52. The van der Waals surface area contributed by atoms with Crippen LogP contribution in [0.2, 0.25) is 0 Å². The van der Waals surface area contributed by atoms with Crippen LogP contribution in [0.15, 0.2) is 36.4 Å². The molecule has 2 saturated carbocycles. The van der Waals surface area contributed by atoms with Crippen LogP contribution in [0, 0.1) is 36.5 Å². The number of esters is 1. The SMILES string of the molecule is CCc1cccc(CC)c1N1C[C@H](C(=O)Oc2ccc(N3C(=O)[C@@H]4[C@H]5C[C@@H]([C@H](Br)[C@H]5Br)[C@@H]4C3=O)c(C)c2)CC1=O. The maximum absolute atomic E-state index is 13.4. The molecule has 9 heteroatoms. The van der Waals surface area contributed by atoms with Gasteiger partial charge in [-0.1, -0.05) is 63.9 Å². The third kappa shape index (κ3) is 4.18. The molecule has 2 aliphatic carbocycles. The van der Waals surface area contributed by atoms with Gasteiger partial charge in [0.05, 0.1) is 23.4 Å².